The highest BCUT2D eigenvalue weighted by molar-refractivity contribution is 7.92. The van der Waals surface area contributed by atoms with Crippen molar-refractivity contribution in [3.8, 4) is 5.75 Å². The lowest BCUT2D eigenvalue weighted by Gasteiger charge is -2.10. The summed E-state index contributed by atoms with van der Waals surface area (Å²) in [5.41, 5.74) is 0.240. The molecule has 20 heavy (non-hydrogen) atoms. The van der Waals surface area contributed by atoms with Crippen molar-refractivity contribution in [3.63, 3.8) is 0 Å². The number of hydrogen-bond acceptors (Lipinski definition) is 5. The summed E-state index contributed by atoms with van der Waals surface area (Å²) in [5, 5.41) is 0.266. The number of carbonyl (C=O) groups excluding carboxylic acids is 1. The van der Waals surface area contributed by atoms with Gasteiger partial charge in [0.15, 0.2) is 0 Å². The molecular formula is C12H16ClNO5S. The average Bonchev–Trinajstić information content (AvgIpc) is 2.40. The third-order valence-electron chi connectivity index (χ3n) is 2.46. The Kier molecular flexibility index (Phi) is 6.09. The van der Waals surface area contributed by atoms with Gasteiger partial charge in [0.2, 0.25) is 10.0 Å². The molecule has 1 aromatic rings. The Morgan fingerprint density at radius 3 is 2.65 bits per heavy atom. The van der Waals surface area contributed by atoms with E-state index in [-0.39, 0.29) is 29.3 Å². The SMILES string of the molecule is COC(=O)CCCS(=O)(=O)Nc1cc(OC)ccc1Cl. The second kappa shape index (κ2) is 7.35. The zero-order valence-corrected chi connectivity index (χ0v) is 12.8. The summed E-state index contributed by atoms with van der Waals surface area (Å²) in [4.78, 5) is 10.9. The largest absolute Gasteiger partial charge is 0.497 e. The lowest BCUT2D eigenvalue weighted by atomic mass is 10.3. The lowest BCUT2D eigenvalue weighted by Crippen LogP contribution is -2.18. The van der Waals surface area contributed by atoms with Crippen molar-refractivity contribution in [2.24, 2.45) is 0 Å². The van der Waals surface area contributed by atoms with Crippen LogP contribution in [0, 0.1) is 0 Å². The van der Waals surface area contributed by atoms with Gasteiger partial charge in [0.1, 0.15) is 5.75 Å². The first-order chi connectivity index (χ1) is 9.38. The number of anilines is 1. The first kappa shape index (κ1) is 16.6. The van der Waals surface area contributed by atoms with Gasteiger partial charge in [-0.3, -0.25) is 9.52 Å². The maximum Gasteiger partial charge on any atom is 0.305 e. The fourth-order valence-corrected chi connectivity index (χ4v) is 2.79. The van der Waals surface area contributed by atoms with E-state index in [2.05, 4.69) is 9.46 Å². The Morgan fingerprint density at radius 2 is 2.05 bits per heavy atom. The number of hydrogen-bond donors (Lipinski definition) is 1. The van der Waals surface area contributed by atoms with Crippen molar-refractivity contribution >= 4 is 33.3 Å². The Hall–Kier alpha value is -1.47. The van der Waals surface area contributed by atoms with Crippen LogP contribution < -0.4 is 9.46 Å². The molecule has 0 aliphatic rings. The van der Waals surface area contributed by atoms with Gasteiger partial charge in [-0.1, -0.05) is 11.6 Å². The summed E-state index contributed by atoms with van der Waals surface area (Å²) in [6.07, 6.45) is 0.215. The summed E-state index contributed by atoms with van der Waals surface area (Å²) in [6, 6.07) is 4.64. The zero-order chi connectivity index (χ0) is 15.2. The van der Waals surface area contributed by atoms with E-state index in [1.807, 2.05) is 0 Å². The number of halogens is 1. The van der Waals surface area contributed by atoms with Gasteiger partial charge in [0, 0.05) is 12.5 Å². The maximum absolute atomic E-state index is 11.9. The molecule has 0 spiro atoms. The molecule has 6 nitrogen and oxygen atoms in total. The molecule has 0 unspecified atom stereocenters. The van der Waals surface area contributed by atoms with Gasteiger partial charge in [0.25, 0.3) is 0 Å². The molecule has 0 aliphatic carbocycles. The summed E-state index contributed by atoms with van der Waals surface area (Å²) < 4.78 is 35.5. The van der Waals surface area contributed by atoms with Gasteiger partial charge >= 0.3 is 5.97 Å². The number of benzene rings is 1. The number of ether oxygens (including phenoxy) is 2. The van der Waals surface area contributed by atoms with Crippen LogP contribution in [0.3, 0.4) is 0 Å². The van der Waals surface area contributed by atoms with Gasteiger partial charge in [-0.2, -0.15) is 0 Å². The highest BCUT2D eigenvalue weighted by atomic mass is 35.5. The van der Waals surface area contributed by atoms with E-state index < -0.39 is 16.0 Å². The van der Waals surface area contributed by atoms with Crippen LogP contribution in [-0.4, -0.2) is 34.4 Å². The molecule has 0 aliphatic heterocycles. The summed E-state index contributed by atoms with van der Waals surface area (Å²) in [5.74, 6) is -0.156. The Labute approximate surface area is 123 Å². The number of rotatable bonds is 7. The first-order valence-corrected chi connectivity index (χ1v) is 7.82. The molecule has 0 radical (unpaired) electrons. The lowest BCUT2D eigenvalue weighted by molar-refractivity contribution is -0.140. The molecule has 0 saturated heterocycles. The summed E-state index contributed by atoms with van der Waals surface area (Å²) >= 11 is 5.91. The van der Waals surface area contributed by atoms with Gasteiger partial charge < -0.3 is 9.47 Å². The van der Waals surface area contributed by atoms with Crippen molar-refractivity contribution in [2.45, 2.75) is 12.8 Å². The topological polar surface area (TPSA) is 81.7 Å². The molecule has 0 saturated carbocycles. The number of methoxy groups -OCH3 is 2. The van der Waals surface area contributed by atoms with E-state index in [9.17, 15) is 13.2 Å². The Bertz CT molecular complexity index is 573. The van der Waals surface area contributed by atoms with Crippen LogP contribution >= 0.6 is 11.6 Å². The Morgan fingerprint density at radius 1 is 1.35 bits per heavy atom. The van der Waals surface area contributed by atoms with Crippen molar-refractivity contribution in [3.05, 3.63) is 23.2 Å². The van der Waals surface area contributed by atoms with Crippen LogP contribution in [-0.2, 0) is 19.6 Å². The van der Waals surface area contributed by atoms with Crippen LogP contribution in [0.5, 0.6) is 5.75 Å². The molecule has 1 aromatic carbocycles. The second-order valence-corrected chi connectivity index (χ2v) is 6.20. The van der Waals surface area contributed by atoms with Crippen LogP contribution in [0.2, 0.25) is 5.02 Å². The number of sulfonamides is 1. The van der Waals surface area contributed by atoms with Crippen LogP contribution in [0.4, 0.5) is 5.69 Å². The van der Waals surface area contributed by atoms with Crippen LogP contribution in [0.25, 0.3) is 0 Å². The van der Waals surface area contributed by atoms with E-state index in [1.54, 1.807) is 6.07 Å². The van der Waals surface area contributed by atoms with Crippen molar-refractivity contribution in [1.29, 1.82) is 0 Å². The minimum Gasteiger partial charge on any atom is -0.497 e. The highest BCUT2D eigenvalue weighted by Gasteiger charge is 2.14. The number of esters is 1. The molecule has 0 atom stereocenters. The van der Waals surface area contributed by atoms with E-state index in [0.29, 0.717) is 5.75 Å². The summed E-state index contributed by atoms with van der Waals surface area (Å²) in [6.45, 7) is 0. The van der Waals surface area contributed by atoms with E-state index in [1.165, 1.54) is 26.4 Å². The molecule has 1 rings (SSSR count). The van der Waals surface area contributed by atoms with E-state index in [0.717, 1.165) is 0 Å². The molecule has 8 heteroatoms. The first-order valence-electron chi connectivity index (χ1n) is 5.79. The third kappa shape index (κ3) is 5.26. The van der Waals surface area contributed by atoms with Crippen molar-refractivity contribution in [1.82, 2.24) is 0 Å². The molecule has 0 amide bonds. The van der Waals surface area contributed by atoms with Crippen LogP contribution in [0.15, 0.2) is 18.2 Å². The van der Waals surface area contributed by atoms with Gasteiger partial charge in [-0.05, 0) is 18.6 Å². The fourth-order valence-electron chi connectivity index (χ4n) is 1.44. The van der Waals surface area contributed by atoms with Crippen LogP contribution in [0.1, 0.15) is 12.8 Å². The van der Waals surface area contributed by atoms with E-state index in [4.69, 9.17) is 16.3 Å². The summed E-state index contributed by atoms with van der Waals surface area (Å²) in [7, 11) is -0.859. The number of nitrogens with one attached hydrogen (secondary N) is 1. The molecule has 0 fully saturated rings. The van der Waals surface area contributed by atoms with Gasteiger partial charge in [0.05, 0.1) is 30.7 Å². The predicted octanol–water partition coefficient (Wildman–Crippen LogP) is 2.04. The van der Waals surface area contributed by atoms with Crippen molar-refractivity contribution in [2.75, 3.05) is 24.7 Å². The molecule has 0 aromatic heterocycles. The second-order valence-electron chi connectivity index (χ2n) is 3.95. The highest BCUT2D eigenvalue weighted by Crippen LogP contribution is 2.27. The third-order valence-corrected chi connectivity index (χ3v) is 4.15. The minimum absolute atomic E-state index is 0.0449. The van der Waals surface area contributed by atoms with E-state index >= 15 is 0 Å². The molecule has 1 N–H and O–H groups in total. The number of carbonyl (C=O) groups is 1. The standard InChI is InChI=1S/C12H16ClNO5S/c1-18-9-5-6-10(13)11(8-9)14-20(16,17)7-3-4-12(15)19-2/h5-6,8,14H,3-4,7H2,1-2H3. The molecule has 0 bridgehead atoms. The molecule has 112 valence electrons. The zero-order valence-electron chi connectivity index (χ0n) is 11.2. The smallest absolute Gasteiger partial charge is 0.305 e. The fraction of sp³-hybridized carbons (Fsp3) is 0.417. The Balaban J connectivity index is 2.68. The van der Waals surface area contributed by atoms with Gasteiger partial charge in [-0.15, -0.1) is 0 Å². The maximum atomic E-state index is 11.9. The minimum atomic E-state index is -3.58. The van der Waals surface area contributed by atoms with Gasteiger partial charge in [-0.25, -0.2) is 8.42 Å². The average molecular weight is 322 g/mol. The quantitative estimate of drug-likeness (QED) is 0.777. The molecular weight excluding hydrogens is 306 g/mol. The normalized spacial score (nSPS) is 10.9. The van der Waals surface area contributed by atoms with Crippen molar-refractivity contribution < 1.29 is 22.7 Å². The molecule has 0 heterocycles. The predicted molar refractivity (Wildman–Crippen MR) is 76.7 cm³/mol. The monoisotopic (exact) mass is 321 g/mol.